The molecule has 1 atom stereocenters. The van der Waals surface area contributed by atoms with Crippen LogP contribution in [0.3, 0.4) is 0 Å². The van der Waals surface area contributed by atoms with Crippen LogP contribution in [0.1, 0.15) is 31.5 Å². The van der Waals surface area contributed by atoms with E-state index < -0.39 is 0 Å². The van der Waals surface area contributed by atoms with Crippen molar-refractivity contribution < 1.29 is 5.11 Å². The molecule has 1 aliphatic rings. The van der Waals surface area contributed by atoms with Crippen LogP contribution in [0, 0.1) is 0 Å². The van der Waals surface area contributed by atoms with Gasteiger partial charge in [0.2, 0.25) is 0 Å². The summed E-state index contributed by atoms with van der Waals surface area (Å²) in [5.41, 5.74) is 5.99. The molecule has 0 aliphatic carbocycles. The molecule has 1 aliphatic heterocycles. The lowest BCUT2D eigenvalue weighted by Gasteiger charge is -2.23. The summed E-state index contributed by atoms with van der Waals surface area (Å²) in [7, 11) is 0. The van der Waals surface area contributed by atoms with E-state index in [-0.39, 0.29) is 6.61 Å². The van der Waals surface area contributed by atoms with E-state index >= 15 is 0 Å². The molecule has 0 amide bonds. The van der Waals surface area contributed by atoms with Gasteiger partial charge in [-0.1, -0.05) is 0 Å². The molecule has 1 saturated heterocycles. The fourth-order valence-electron chi connectivity index (χ4n) is 2.93. The number of fused-ring (bicyclic) bond motifs is 1. The van der Waals surface area contributed by atoms with Gasteiger partial charge >= 0.3 is 0 Å². The van der Waals surface area contributed by atoms with Crippen molar-refractivity contribution in [3.8, 4) is 0 Å². The van der Waals surface area contributed by atoms with E-state index in [1.165, 1.54) is 12.8 Å². The first kappa shape index (κ1) is 13.7. The van der Waals surface area contributed by atoms with Gasteiger partial charge in [-0.3, -0.25) is 4.90 Å². The highest BCUT2D eigenvalue weighted by molar-refractivity contribution is 7.16. The number of hydrogen-bond donors (Lipinski definition) is 2. The number of hydrogen-bond acceptors (Lipinski definition) is 6. The molecule has 1 fully saturated rings. The van der Waals surface area contributed by atoms with Crippen LogP contribution in [0.25, 0.3) is 10.2 Å². The number of likely N-dealkylation sites (tertiary alicyclic amines) is 1. The largest absolute Gasteiger partial charge is 0.396 e. The van der Waals surface area contributed by atoms with Crippen molar-refractivity contribution in [1.82, 2.24) is 14.9 Å². The van der Waals surface area contributed by atoms with E-state index in [1.807, 2.05) is 11.4 Å². The number of aliphatic hydroxyl groups is 1. The second-order valence-electron chi connectivity index (χ2n) is 5.30. The van der Waals surface area contributed by atoms with E-state index in [2.05, 4.69) is 14.9 Å². The third kappa shape index (κ3) is 2.77. The van der Waals surface area contributed by atoms with Crippen molar-refractivity contribution in [3.63, 3.8) is 0 Å². The summed E-state index contributed by atoms with van der Waals surface area (Å²) in [6.07, 6.45) is 4.34. The van der Waals surface area contributed by atoms with Crippen LogP contribution in [-0.2, 0) is 6.54 Å². The number of aromatic nitrogens is 2. The number of thiophene rings is 1. The van der Waals surface area contributed by atoms with Crippen molar-refractivity contribution in [2.45, 2.75) is 38.3 Å². The number of nitrogen functional groups attached to an aromatic ring is 1. The Labute approximate surface area is 122 Å². The minimum atomic E-state index is 0.273. The van der Waals surface area contributed by atoms with Gasteiger partial charge in [0, 0.05) is 12.6 Å². The maximum Gasteiger partial charge on any atom is 0.146 e. The Balaban J connectivity index is 1.74. The van der Waals surface area contributed by atoms with E-state index in [4.69, 9.17) is 10.8 Å². The van der Waals surface area contributed by atoms with Crippen LogP contribution in [0.15, 0.2) is 11.4 Å². The van der Waals surface area contributed by atoms with Crippen LogP contribution in [0.4, 0.5) is 5.82 Å². The summed E-state index contributed by atoms with van der Waals surface area (Å²) in [5.74, 6) is 1.39. The molecule has 2 aromatic rings. The van der Waals surface area contributed by atoms with Crippen LogP contribution >= 0.6 is 11.3 Å². The van der Waals surface area contributed by atoms with Crippen LogP contribution in [-0.4, -0.2) is 39.2 Å². The molecule has 3 heterocycles. The molecular weight excluding hydrogens is 272 g/mol. The predicted molar refractivity (Wildman–Crippen MR) is 81.6 cm³/mol. The van der Waals surface area contributed by atoms with E-state index in [9.17, 15) is 0 Å². The third-order valence-corrected chi connectivity index (χ3v) is 4.75. The molecule has 3 N–H and O–H groups in total. The van der Waals surface area contributed by atoms with Crippen molar-refractivity contribution in [1.29, 1.82) is 0 Å². The molecule has 1 unspecified atom stereocenters. The first-order valence-corrected chi connectivity index (χ1v) is 8.00. The molecule has 0 bridgehead atoms. The summed E-state index contributed by atoms with van der Waals surface area (Å²) < 4.78 is 0. The first-order chi connectivity index (χ1) is 9.78. The summed E-state index contributed by atoms with van der Waals surface area (Å²) >= 11 is 1.61. The normalized spacial score (nSPS) is 19.9. The number of nitrogens with zero attached hydrogens (tertiary/aromatic N) is 3. The second-order valence-corrected chi connectivity index (χ2v) is 6.19. The monoisotopic (exact) mass is 292 g/mol. The van der Waals surface area contributed by atoms with Gasteiger partial charge in [0.15, 0.2) is 0 Å². The van der Waals surface area contributed by atoms with Gasteiger partial charge < -0.3 is 10.8 Å². The van der Waals surface area contributed by atoms with Gasteiger partial charge in [-0.2, -0.15) is 0 Å². The van der Waals surface area contributed by atoms with Gasteiger partial charge in [-0.25, -0.2) is 9.97 Å². The Morgan fingerprint density at radius 1 is 1.45 bits per heavy atom. The van der Waals surface area contributed by atoms with Crippen LogP contribution in [0.5, 0.6) is 0 Å². The fraction of sp³-hybridized carbons (Fsp3) is 0.571. The van der Waals surface area contributed by atoms with Crippen molar-refractivity contribution in [2.75, 3.05) is 18.9 Å². The van der Waals surface area contributed by atoms with Gasteiger partial charge in [-0.15, -0.1) is 11.3 Å². The minimum absolute atomic E-state index is 0.273. The molecule has 0 aromatic carbocycles. The zero-order valence-electron chi connectivity index (χ0n) is 11.5. The molecule has 6 heteroatoms. The summed E-state index contributed by atoms with van der Waals surface area (Å²) in [5, 5.41) is 11.9. The van der Waals surface area contributed by atoms with Crippen molar-refractivity contribution >= 4 is 27.4 Å². The standard InChI is InChI=1S/C14H20N4OS/c15-13-11-5-8-20-14(11)17-12(16-13)9-18-6-1-3-10(18)4-2-7-19/h5,8,10,19H,1-4,6-7,9H2,(H2,15,16,17). The molecule has 108 valence electrons. The Kier molecular flexibility index (Phi) is 4.14. The number of aliphatic hydroxyl groups excluding tert-OH is 1. The molecule has 2 aromatic heterocycles. The summed E-state index contributed by atoms with van der Waals surface area (Å²) in [6.45, 7) is 2.12. The number of nitrogens with two attached hydrogens (primary N) is 1. The molecule has 0 radical (unpaired) electrons. The Morgan fingerprint density at radius 2 is 2.35 bits per heavy atom. The molecule has 5 nitrogen and oxygen atoms in total. The van der Waals surface area contributed by atoms with E-state index in [0.717, 1.165) is 42.0 Å². The number of rotatable bonds is 5. The van der Waals surface area contributed by atoms with Gasteiger partial charge in [0.05, 0.1) is 11.9 Å². The van der Waals surface area contributed by atoms with Crippen LogP contribution < -0.4 is 5.73 Å². The topological polar surface area (TPSA) is 75.3 Å². The maximum atomic E-state index is 8.98. The van der Waals surface area contributed by atoms with E-state index in [0.29, 0.717) is 11.9 Å². The smallest absolute Gasteiger partial charge is 0.146 e. The van der Waals surface area contributed by atoms with Crippen molar-refractivity contribution in [2.24, 2.45) is 0 Å². The Bertz CT molecular complexity index is 586. The lowest BCUT2D eigenvalue weighted by molar-refractivity contribution is 0.206. The molecule has 3 rings (SSSR count). The molecule has 0 spiro atoms. The van der Waals surface area contributed by atoms with Gasteiger partial charge in [0.25, 0.3) is 0 Å². The SMILES string of the molecule is Nc1nc(CN2CCCC2CCCO)nc2sccc12. The molecule has 20 heavy (non-hydrogen) atoms. The highest BCUT2D eigenvalue weighted by atomic mass is 32.1. The third-order valence-electron chi connectivity index (χ3n) is 3.94. The average molecular weight is 292 g/mol. The maximum absolute atomic E-state index is 8.98. The lowest BCUT2D eigenvalue weighted by Crippen LogP contribution is -2.30. The fourth-order valence-corrected chi connectivity index (χ4v) is 3.72. The van der Waals surface area contributed by atoms with Crippen molar-refractivity contribution in [3.05, 3.63) is 17.3 Å². The zero-order valence-corrected chi connectivity index (χ0v) is 12.3. The predicted octanol–water partition coefficient (Wildman–Crippen LogP) is 2.01. The van der Waals surface area contributed by atoms with Gasteiger partial charge in [0.1, 0.15) is 16.5 Å². The minimum Gasteiger partial charge on any atom is -0.396 e. The summed E-state index contributed by atoms with van der Waals surface area (Å²) in [6, 6.07) is 2.52. The molecule has 0 saturated carbocycles. The summed E-state index contributed by atoms with van der Waals surface area (Å²) in [4.78, 5) is 12.4. The Hall–Kier alpha value is -1.24. The lowest BCUT2D eigenvalue weighted by atomic mass is 10.1. The number of anilines is 1. The average Bonchev–Trinajstić information content (AvgIpc) is 3.05. The van der Waals surface area contributed by atoms with Crippen LogP contribution in [0.2, 0.25) is 0 Å². The highest BCUT2D eigenvalue weighted by Gasteiger charge is 2.25. The zero-order chi connectivity index (χ0) is 13.9. The molecular formula is C14H20N4OS. The quantitative estimate of drug-likeness (QED) is 0.881. The highest BCUT2D eigenvalue weighted by Crippen LogP contribution is 2.26. The Morgan fingerprint density at radius 3 is 3.20 bits per heavy atom. The first-order valence-electron chi connectivity index (χ1n) is 7.12. The van der Waals surface area contributed by atoms with E-state index in [1.54, 1.807) is 11.3 Å². The van der Waals surface area contributed by atoms with Gasteiger partial charge in [-0.05, 0) is 43.7 Å². The second kappa shape index (κ2) is 6.03.